The number of fused-ring (bicyclic) bond motifs is 2. The lowest BCUT2D eigenvalue weighted by Crippen LogP contribution is -2.30. The lowest BCUT2D eigenvalue weighted by atomic mass is 10.1. The van der Waals surface area contributed by atoms with Crippen LogP contribution >= 0.6 is 11.6 Å². The largest absolute Gasteiger partial charge is 0.347 e. The van der Waals surface area contributed by atoms with Crippen LogP contribution in [0.1, 0.15) is 23.3 Å². The fraction of sp³-hybridized carbons (Fsp3) is 0.286. The smallest absolute Gasteiger partial charge is 0.127 e. The van der Waals surface area contributed by atoms with Crippen molar-refractivity contribution in [2.45, 2.75) is 19.0 Å². The monoisotopic (exact) mass is 287 g/mol. The number of nitrogens with zero attached hydrogens (tertiary/aromatic N) is 3. The van der Waals surface area contributed by atoms with Crippen molar-refractivity contribution < 1.29 is 0 Å². The number of aromatic nitrogens is 4. The van der Waals surface area contributed by atoms with Crippen LogP contribution in [0.15, 0.2) is 24.5 Å². The Hall–Kier alpha value is -1.85. The molecule has 2 N–H and O–H groups in total. The van der Waals surface area contributed by atoms with Crippen LogP contribution in [0.2, 0.25) is 5.02 Å². The number of aryl methyl sites for hydroxylation is 1. The van der Waals surface area contributed by atoms with Crippen LogP contribution in [-0.2, 0) is 20.0 Å². The first-order valence-corrected chi connectivity index (χ1v) is 6.97. The van der Waals surface area contributed by atoms with Crippen LogP contribution in [-0.4, -0.2) is 19.5 Å². The minimum atomic E-state index is 0.166. The van der Waals surface area contributed by atoms with E-state index in [1.165, 1.54) is 0 Å². The molecule has 0 spiro atoms. The van der Waals surface area contributed by atoms with Crippen molar-refractivity contribution in [3.63, 3.8) is 0 Å². The van der Waals surface area contributed by atoms with E-state index in [1.54, 1.807) is 6.33 Å². The number of para-hydroxylation sites is 1. The normalized spacial score (nSPS) is 18.4. The molecule has 0 saturated carbocycles. The van der Waals surface area contributed by atoms with Gasteiger partial charge in [0.05, 0.1) is 39.8 Å². The van der Waals surface area contributed by atoms with Crippen LogP contribution in [0.5, 0.6) is 0 Å². The van der Waals surface area contributed by atoms with Crippen molar-refractivity contribution in [3.8, 4) is 0 Å². The number of nitrogens with one attached hydrogen (secondary N) is 2. The molecule has 0 aliphatic carbocycles. The number of hydrogen-bond donors (Lipinski definition) is 2. The SMILES string of the molecule is Cn1c(C2Cc3nc[nH]c3CN2)nc2cccc(Cl)c21. The Bertz CT molecular complexity index is 788. The molecule has 0 bridgehead atoms. The number of H-pyrrole nitrogens is 1. The molecule has 5 nitrogen and oxygen atoms in total. The molecular formula is C14H14ClN5. The van der Waals surface area contributed by atoms with Crippen LogP contribution in [0.3, 0.4) is 0 Å². The van der Waals surface area contributed by atoms with Gasteiger partial charge in [0.15, 0.2) is 0 Å². The highest BCUT2D eigenvalue weighted by Crippen LogP contribution is 2.29. The average molecular weight is 288 g/mol. The summed E-state index contributed by atoms with van der Waals surface area (Å²) in [5.41, 5.74) is 4.20. The second-order valence-electron chi connectivity index (χ2n) is 5.10. The Morgan fingerprint density at radius 2 is 2.30 bits per heavy atom. The van der Waals surface area contributed by atoms with Crippen LogP contribution in [0, 0.1) is 0 Å². The maximum atomic E-state index is 6.28. The summed E-state index contributed by atoms with van der Waals surface area (Å²) >= 11 is 6.28. The highest BCUT2D eigenvalue weighted by molar-refractivity contribution is 6.35. The first kappa shape index (κ1) is 11.9. The standard InChI is InChI=1S/C14H14ClN5/c1-20-13-8(15)3-2-4-9(13)19-14(20)11-5-10-12(6-16-11)18-7-17-10/h2-4,7,11,16H,5-6H2,1H3,(H,17,18). The van der Waals surface area contributed by atoms with E-state index >= 15 is 0 Å². The molecule has 102 valence electrons. The molecule has 2 aromatic heterocycles. The van der Waals surface area contributed by atoms with E-state index in [4.69, 9.17) is 16.6 Å². The zero-order chi connectivity index (χ0) is 13.7. The van der Waals surface area contributed by atoms with Crippen molar-refractivity contribution in [3.05, 3.63) is 46.8 Å². The first-order valence-electron chi connectivity index (χ1n) is 6.59. The summed E-state index contributed by atoms with van der Waals surface area (Å²) in [7, 11) is 2.01. The third-order valence-electron chi connectivity index (χ3n) is 3.92. The van der Waals surface area contributed by atoms with Gasteiger partial charge in [0.25, 0.3) is 0 Å². The molecule has 0 radical (unpaired) electrons. The molecule has 1 atom stereocenters. The highest BCUT2D eigenvalue weighted by Gasteiger charge is 2.25. The summed E-state index contributed by atoms with van der Waals surface area (Å²) in [4.78, 5) is 12.3. The molecule has 3 aromatic rings. The van der Waals surface area contributed by atoms with Gasteiger partial charge in [0.1, 0.15) is 5.82 Å². The zero-order valence-corrected chi connectivity index (χ0v) is 11.8. The highest BCUT2D eigenvalue weighted by atomic mass is 35.5. The van der Waals surface area contributed by atoms with E-state index in [0.717, 1.165) is 46.2 Å². The molecule has 1 unspecified atom stereocenters. The van der Waals surface area contributed by atoms with E-state index in [9.17, 15) is 0 Å². The third-order valence-corrected chi connectivity index (χ3v) is 4.23. The maximum Gasteiger partial charge on any atom is 0.127 e. The second-order valence-corrected chi connectivity index (χ2v) is 5.51. The zero-order valence-electron chi connectivity index (χ0n) is 11.0. The van der Waals surface area contributed by atoms with Gasteiger partial charge in [-0.25, -0.2) is 9.97 Å². The molecule has 1 aliphatic heterocycles. The number of rotatable bonds is 1. The molecule has 0 saturated heterocycles. The minimum absolute atomic E-state index is 0.166. The predicted molar refractivity (Wildman–Crippen MR) is 77.6 cm³/mol. The minimum Gasteiger partial charge on any atom is -0.347 e. The van der Waals surface area contributed by atoms with Crippen LogP contribution < -0.4 is 5.32 Å². The van der Waals surface area contributed by atoms with Crippen LogP contribution in [0.4, 0.5) is 0 Å². The molecule has 6 heteroatoms. The Kier molecular flexibility index (Phi) is 2.58. The van der Waals surface area contributed by atoms with Gasteiger partial charge in [-0.15, -0.1) is 0 Å². The number of aromatic amines is 1. The van der Waals surface area contributed by atoms with Crippen molar-refractivity contribution in [1.29, 1.82) is 0 Å². The second kappa shape index (κ2) is 4.33. The molecule has 1 aromatic carbocycles. The quantitative estimate of drug-likeness (QED) is 0.722. The number of imidazole rings is 2. The summed E-state index contributed by atoms with van der Waals surface area (Å²) in [5, 5.41) is 4.24. The van der Waals surface area contributed by atoms with Crippen molar-refractivity contribution in [1.82, 2.24) is 24.8 Å². The summed E-state index contributed by atoms with van der Waals surface area (Å²) in [6, 6.07) is 5.99. The molecule has 1 aliphatic rings. The van der Waals surface area contributed by atoms with Crippen LogP contribution in [0.25, 0.3) is 11.0 Å². The molecule has 4 rings (SSSR count). The van der Waals surface area contributed by atoms with Gasteiger partial charge in [-0.1, -0.05) is 17.7 Å². The molecule has 0 amide bonds. The van der Waals surface area contributed by atoms with E-state index in [1.807, 2.05) is 25.2 Å². The molecule has 0 fully saturated rings. The lowest BCUT2D eigenvalue weighted by molar-refractivity contribution is 0.459. The van der Waals surface area contributed by atoms with Gasteiger partial charge in [0.2, 0.25) is 0 Å². The van der Waals surface area contributed by atoms with E-state index in [2.05, 4.69) is 19.9 Å². The topological polar surface area (TPSA) is 58.5 Å². The maximum absolute atomic E-state index is 6.28. The van der Waals surface area contributed by atoms with Gasteiger partial charge >= 0.3 is 0 Å². The summed E-state index contributed by atoms with van der Waals surface area (Å²) in [6.07, 6.45) is 2.59. The van der Waals surface area contributed by atoms with Crippen molar-refractivity contribution in [2.75, 3.05) is 0 Å². The van der Waals surface area contributed by atoms with E-state index in [0.29, 0.717) is 0 Å². The Balaban J connectivity index is 1.80. The Morgan fingerprint density at radius 3 is 3.15 bits per heavy atom. The fourth-order valence-electron chi connectivity index (χ4n) is 2.90. The van der Waals surface area contributed by atoms with Gasteiger partial charge in [-0.2, -0.15) is 0 Å². The number of benzene rings is 1. The lowest BCUT2D eigenvalue weighted by Gasteiger charge is -2.22. The van der Waals surface area contributed by atoms with Crippen molar-refractivity contribution >= 4 is 22.6 Å². The molecule has 20 heavy (non-hydrogen) atoms. The Morgan fingerprint density at radius 1 is 1.40 bits per heavy atom. The van der Waals surface area contributed by atoms with Gasteiger partial charge in [-0.05, 0) is 12.1 Å². The van der Waals surface area contributed by atoms with E-state index in [-0.39, 0.29) is 6.04 Å². The predicted octanol–water partition coefficient (Wildman–Crippen LogP) is 2.34. The number of halogens is 1. The summed E-state index contributed by atoms with van der Waals surface area (Å²) < 4.78 is 2.08. The number of hydrogen-bond acceptors (Lipinski definition) is 3. The van der Waals surface area contributed by atoms with Crippen molar-refractivity contribution in [2.24, 2.45) is 7.05 Å². The van der Waals surface area contributed by atoms with Gasteiger partial charge < -0.3 is 14.9 Å². The fourth-order valence-corrected chi connectivity index (χ4v) is 3.20. The Labute approximate surface area is 121 Å². The van der Waals surface area contributed by atoms with E-state index < -0.39 is 0 Å². The molecular weight excluding hydrogens is 274 g/mol. The first-order chi connectivity index (χ1) is 9.74. The average Bonchev–Trinajstić information content (AvgIpc) is 3.03. The van der Waals surface area contributed by atoms with Gasteiger partial charge in [-0.3, -0.25) is 0 Å². The summed E-state index contributed by atoms with van der Waals surface area (Å²) in [5.74, 6) is 1.00. The molecule has 3 heterocycles. The summed E-state index contributed by atoms with van der Waals surface area (Å²) in [6.45, 7) is 0.789. The van der Waals surface area contributed by atoms with Gasteiger partial charge in [0, 0.05) is 20.0 Å². The third kappa shape index (κ3) is 1.67.